The molecule has 0 unspecified atom stereocenters. The maximum atomic E-state index is 12.8. The summed E-state index contributed by atoms with van der Waals surface area (Å²) in [6.07, 6.45) is 4.99. The molecule has 0 radical (unpaired) electrons. The highest BCUT2D eigenvalue weighted by atomic mass is 16.5. The van der Waals surface area contributed by atoms with Crippen molar-refractivity contribution in [3.05, 3.63) is 63.1 Å². The molecule has 148 valence electrons. The van der Waals surface area contributed by atoms with Gasteiger partial charge < -0.3 is 19.7 Å². The zero-order valence-corrected chi connectivity index (χ0v) is 15.9. The number of aromatic nitrogens is 1. The van der Waals surface area contributed by atoms with Gasteiger partial charge in [-0.25, -0.2) is 4.79 Å². The normalized spacial score (nSPS) is 13.3. The van der Waals surface area contributed by atoms with Crippen molar-refractivity contribution < 1.29 is 19.4 Å². The summed E-state index contributed by atoms with van der Waals surface area (Å²) in [6, 6.07) is 8.60. The van der Waals surface area contributed by atoms with Crippen LogP contribution < -0.4 is 10.3 Å². The van der Waals surface area contributed by atoms with Crippen LogP contribution in [-0.2, 0) is 24.2 Å². The molecule has 0 saturated heterocycles. The van der Waals surface area contributed by atoms with E-state index in [4.69, 9.17) is 9.84 Å². The lowest BCUT2D eigenvalue weighted by Gasteiger charge is -2.18. The molecule has 1 aliphatic rings. The highest BCUT2D eigenvalue weighted by Crippen LogP contribution is 2.19. The quantitative estimate of drug-likeness (QED) is 0.745. The van der Waals surface area contributed by atoms with E-state index in [9.17, 15) is 14.4 Å². The number of carboxylic acid groups (broad SMARTS) is 1. The molecule has 0 aliphatic heterocycles. The van der Waals surface area contributed by atoms with Gasteiger partial charge in [0.25, 0.3) is 11.5 Å². The molecule has 3 rings (SSSR count). The Morgan fingerprint density at radius 3 is 2.57 bits per heavy atom. The van der Waals surface area contributed by atoms with Crippen molar-refractivity contribution in [2.24, 2.45) is 0 Å². The van der Waals surface area contributed by atoms with Crippen molar-refractivity contribution in [3.8, 4) is 5.75 Å². The summed E-state index contributed by atoms with van der Waals surface area (Å²) in [5.74, 6) is -0.915. The van der Waals surface area contributed by atoms with Gasteiger partial charge >= 0.3 is 5.97 Å². The Morgan fingerprint density at radius 1 is 1.14 bits per heavy atom. The molecule has 1 aliphatic carbocycles. The number of carbonyl (C=O) groups excluding carboxylic acids is 1. The van der Waals surface area contributed by atoms with Crippen molar-refractivity contribution in [2.45, 2.75) is 38.6 Å². The van der Waals surface area contributed by atoms with Gasteiger partial charge in [0.05, 0.1) is 0 Å². The number of aromatic amines is 1. The topological polar surface area (TPSA) is 99.7 Å². The number of nitrogens with zero attached hydrogens (tertiary/aromatic N) is 1. The van der Waals surface area contributed by atoms with Gasteiger partial charge in [0, 0.05) is 19.3 Å². The molecule has 7 nitrogen and oxygen atoms in total. The minimum absolute atomic E-state index is 0.171. The van der Waals surface area contributed by atoms with E-state index in [1.165, 1.54) is 4.90 Å². The van der Waals surface area contributed by atoms with E-state index in [2.05, 4.69) is 4.98 Å². The zero-order chi connectivity index (χ0) is 20.1. The summed E-state index contributed by atoms with van der Waals surface area (Å²) in [6.45, 7) is -0.0760. The second-order valence-corrected chi connectivity index (χ2v) is 7.06. The molecule has 0 spiro atoms. The number of aryl methyl sites for hydroxylation is 2. The van der Waals surface area contributed by atoms with Crippen LogP contribution in [-0.4, -0.2) is 40.5 Å². The minimum Gasteiger partial charge on any atom is -0.482 e. The van der Waals surface area contributed by atoms with Gasteiger partial charge in [-0.15, -0.1) is 0 Å². The Balaban J connectivity index is 1.70. The SMILES string of the molecule is CN(Cc1ccc(OCC(=O)O)cc1)C(=O)c1cc2c([nH]c1=O)CCCCC2. The van der Waals surface area contributed by atoms with Crippen LogP contribution in [0.2, 0.25) is 0 Å². The van der Waals surface area contributed by atoms with Crippen molar-refractivity contribution in [1.82, 2.24) is 9.88 Å². The van der Waals surface area contributed by atoms with E-state index >= 15 is 0 Å². The van der Waals surface area contributed by atoms with Crippen molar-refractivity contribution in [2.75, 3.05) is 13.7 Å². The molecule has 1 aromatic heterocycles. The molecule has 0 atom stereocenters. The second-order valence-electron chi connectivity index (χ2n) is 7.06. The molecule has 1 aromatic carbocycles. The summed E-state index contributed by atoms with van der Waals surface area (Å²) < 4.78 is 5.10. The zero-order valence-electron chi connectivity index (χ0n) is 15.9. The Bertz CT molecular complexity index is 917. The summed E-state index contributed by atoms with van der Waals surface area (Å²) in [5, 5.41) is 8.63. The molecule has 2 aromatic rings. The van der Waals surface area contributed by atoms with Crippen molar-refractivity contribution in [3.63, 3.8) is 0 Å². The first-order valence-electron chi connectivity index (χ1n) is 9.38. The Labute approximate surface area is 163 Å². The van der Waals surface area contributed by atoms with E-state index in [1.54, 1.807) is 37.4 Å². The number of rotatable bonds is 6. The molecule has 0 fully saturated rings. The van der Waals surface area contributed by atoms with E-state index in [0.29, 0.717) is 12.3 Å². The van der Waals surface area contributed by atoms with Crippen molar-refractivity contribution in [1.29, 1.82) is 0 Å². The van der Waals surface area contributed by atoms with Crippen LogP contribution in [0.4, 0.5) is 0 Å². The average Bonchev–Trinajstić information content (AvgIpc) is 2.91. The molecule has 0 bridgehead atoms. The van der Waals surface area contributed by atoms with Crippen LogP contribution in [0.15, 0.2) is 35.1 Å². The number of aliphatic carboxylic acids is 1. The lowest BCUT2D eigenvalue weighted by atomic mass is 10.1. The predicted molar refractivity (Wildman–Crippen MR) is 104 cm³/mol. The average molecular weight is 384 g/mol. The number of hydrogen-bond acceptors (Lipinski definition) is 4. The van der Waals surface area contributed by atoms with E-state index in [0.717, 1.165) is 48.9 Å². The fourth-order valence-corrected chi connectivity index (χ4v) is 3.40. The highest BCUT2D eigenvalue weighted by molar-refractivity contribution is 5.93. The standard InChI is InChI=1S/C21H24N2O5/c1-23(12-14-7-9-16(10-8-14)28-13-19(24)25)21(27)17-11-15-5-3-2-4-6-18(15)22-20(17)26/h7-11H,2-6,12-13H2,1H3,(H,22,26)(H,24,25). The molecule has 1 heterocycles. The molecular weight excluding hydrogens is 360 g/mol. The Hall–Kier alpha value is -3.09. The summed E-state index contributed by atoms with van der Waals surface area (Å²) >= 11 is 0. The van der Waals surface area contributed by atoms with Crippen LogP contribution in [0.3, 0.4) is 0 Å². The molecule has 0 saturated carbocycles. The van der Waals surface area contributed by atoms with Gasteiger partial charge in [-0.2, -0.15) is 0 Å². The number of H-pyrrole nitrogens is 1. The molecule has 28 heavy (non-hydrogen) atoms. The number of pyridine rings is 1. The first-order chi connectivity index (χ1) is 13.4. The van der Waals surface area contributed by atoms with Crippen molar-refractivity contribution >= 4 is 11.9 Å². The first-order valence-corrected chi connectivity index (χ1v) is 9.38. The summed E-state index contributed by atoms with van der Waals surface area (Å²) in [7, 11) is 1.66. The van der Waals surface area contributed by atoms with Gasteiger partial charge in [-0.05, 0) is 55.0 Å². The smallest absolute Gasteiger partial charge is 0.341 e. The number of nitrogens with one attached hydrogen (secondary N) is 1. The monoisotopic (exact) mass is 384 g/mol. The number of fused-ring (bicyclic) bond motifs is 1. The van der Waals surface area contributed by atoms with Gasteiger partial charge in [0.15, 0.2) is 6.61 Å². The number of hydrogen-bond donors (Lipinski definition) is 2. The van der Waals surface area contributed by atoms with Crippen LogP contribution in [0.5, 0.6) is 5.75 Å². The number of carbonyl (C=O) groups is 2. The maximum Gasteiger partial charge on any atom is 0.341 e. The summed E-state index contributed by atoms with van der Waals surface area (Å²) in [4.78, 5) is 40.1. The van der Waals surface area contributed by atoms with Crippen LogP contribution >= 0.6 is 0 Å². The van der Waals surface area contributed by atoms with Gasteiger partial charge in [0.2, 0.25) is 0 Å². The number of carboxylic acids is 1. The van der Waals surface area contributed by atoms with Gasteiger partial charge in [-0.3, -0.25) is 9.59 Å². The highest BCUT2D eigenvalue weighted by Gasteiger charge is 2.19. The molecular formula is C21H24N2O5. The molecule has 7 heteroatoms. The lowest BCUT2D eigenvalue weighted by Crippen LogP contribution is -2.32. The van der Waals surface area contributed by atoms with E-state index < -0.39 is 12.6 Å². The number of amides is 1. The van der Waals surface area contributed by atoms with Gasteiger partial charge in [-0.1, -0.05) is 18.6 Å². The molecule has 1 amide bonds. The molecule has 2 N–H and O–H groups in total. The third-order valence-corrected chi connectivity index (χ3v) is 4.87. The maximum absolute atomic E-state index is 12.8. The second kappa shape index (κ2) is 8.73. The third kappa shape index (κ3) is 4.79. The van der Waals surface area contributed by atoms with Crippen LogP contribution in [0, 0.1) is 0 Å². The fraction of sp³-hybridized carbons (Fsp3) is 0.381. The van der Waals surface area contributed by atoms with Gasteiger partial charge in [0.1, 0.15) is 11.3 Å². The van der Waals surface area contributed by atoms with Crippen LogP contribution in [0.25, 0.3) is 0 Å². The summed E-state index contributed by atoms with van der Waals surface area (Å²) in [5.41, 5.74) is 2.71. The minimum atomic E-state index is -1.04. The number of benzene rings is 1. The van der Waals surface area contributed by atoms with E-state index in [1.807, 2.05) is 0 Å². The van der Waals surface area contributed by atoms with Crippen LogP contribution in [0.1, 0.15) is 46.4 Å². The van der Waals surface area contributed by atoms with E-state index in [-0.39, 0.29) is 17.0 Å². The number of ether oxygens (including phenoxy) is 1. The Kier molecular flexibility index (Phi) is 6.13. The third-order valence-electron chi connectivity index (χ3n) is 4.87. The predicted octanol–water partition coefficient (Wildman–Crippen LogP) is 2.38. The lowest BCUT2D eigenvalue weighted by molar-refractivity contribution is -0.139. The fourth-order valence-electron chi connectivity index (χ4n) is 3.40. The first kappa shape index (κ1) is 19.7. The largest absolute Gasteiger partial charge is 0.482 e. The Morgan fingerprint density at radius 2 is 1.86 bits per heavy atom.